The van der Waals surface area contributed by atoms with E-state index in [9.17, 15) is 14.4 Å². The summed E-state index contributed by atoms with van der Waals surface area (Å²) < 4.78 is 4.36. The SMILES string of the molecule is C=CC(=O)ONC(=O)ONC(=O)OCC. The fraction of sp³-hybridized carbons (Fsp3) is 0.286. The first kappa shape index (κ1) is 12.8. The summed E-state index contributed by atoms with van der Waals surface area (Å²) in [6.45, 7) is 4.78. The van der Waals surface area contributed by atoms with Crippen molar-refractivity contribution in [1.82, 2.24) is 11.0 Å². The van der Waals surface area contributed by atoms with Crippen molar-refractivity contribution in [2.75, 3.05) is 6.61 Å². The Morgan fingerprint density at radius 3 is 2.33 bits per heavy atom. The highest BCUT2D eigenvalue weighted by Crippen LogP contribution is 1.80. The average molecular weight is 218 g/mol. The van der Waals surface area contributed by atoms with Gasteiger partial charge in [0.25, 0.3) is 0 Å². The molecular weight excluding hydrogens is 208 g/mol. The van der Waals surface area contributed by atoms with E-state index in [0.29, 0.717) is 0 Å². The van der Waals surface area contributed by atoms with Crippen LogP contribution in [0.5, 0.6) is 0 Å². The van der Waals surface area contributed by atoms with Gasteiger partial charge in [0.05, 0.1) is 6.61 Å². The van der Waals surface area contributed by atoms with Gasteiger partial charge >= 0.3 is 18.2 Å². The van der Waals surface area contributed by atoms with Gasteiger partial charge in [-0.15, -0.1) is 11.0 Å². The van der Waals surface area contributed by atoms with Crippen LogP contribution in [0.1, 0.15) is 6.92 Å². The van der Waals surface area contributed by atoms with Crippen molar-refractivity contribution in [3.8, 4) is 0 Å². The summed E-state index contributed by atoms with van der Waals surface area (Å²) in [5, 5.41) is 0. The zero-order valence-corrected chi connectivity index (χ0v) is 7.94. The third kappa shape index (κ3) is 6.87. The molecule has 0 radical (unpaired) electrons. The first-order valence-corrected chi connectivity index (χ1v) is 3.83. The summed E-state index contributed by atoms with van der Waals surface area (Å²) in [4.78, 5) is 39.8. The monoisotopic (exact) mass is 218 g/mol. The first-order chi connectivity index (χ1) is 7.10. The van der Waals surface area contributed by atoms with Gasteiger partial charge in [0.2, 0.25) is 0 Å². The summed E-state index contributed by atoms with van der Waals surface area (Å²) in [6.07, 6.45) is -1.29. The van der Waals surface area contributed by atoms with E-state index in [2.05, 4.69) is 21.0 Å². The number of carbonyl (C=O) groups excluding carboxylic acids is 3. The van der Waals surface area contributed by atoms with E-state index in [0.717, 1.165) is 6.08 Å². The van der Waals surface area contributed by atoms with Crippen molar-refractivity contribution in [3.63, 3.8) is 0 Å². The van der Waals surface area contributed by atoms with Crippen LogP contribution in [0, 0.1) is 0 Å². The Bertz CT molecular complexity index is 264. The third-order valence-corrected chi connectivity index (χ3v) is 0.904. The molecule has 84 valence electrons. The molecule has 0 bridgehead atoms. The maximum absolute atomic E-state index is 10.7. The number of hydrogen-bond donors (Lipinski definition) is 2. The molecule has 8 heteroatoms. The number of hydroxylamine groups is 2. The largest absolute Gasteiger partial charge is 0.465 e. The molecular formula is C7H10N2O6. The molecule has 8 nitrogen and oxygen atoms in total. The van der Waals surface area contributed by atoms with E-state index in [1.54, 1.807) is 17.9 Å². The zero-order chi connectivity index (χ0) is 11.7. The minimum absolute atomic E-state index is 0.127. The minimum Gasteiger partial charge on any atom is -0.448 e. The molecule has 2 N–H and O–H groups in total. The van der Waals surface area contributed by atoms with Crippen LogP contribution in [0.15, 0.2) is 12.7 Å². The van der Waals surface area contributed by atoms with Crippen LogP contribution >= 0.6 is 0 Å². The number of hydrogen-bond acceptors (Lipinski definition) is 6. The molecule has 0 aliphatic carbocycles. The van der Waals surface area contributed by atoms with Crippen molar-refractivity contribution >= 4 is 18.2 Å². The molecule has 0 aromatic rings. The van der Waals surface area contributed by atoms with Gasteiger partial charge in [0, 0.05) is 6.08 Å². The van der Waals surface area contributed by atoms with E-state index in [1.165, 1.54) is 0 Å². The van der Waals surface area contributed by atoms with E-state index < -0.39 is 18.2 Å². The van der Waals surface area contributed by atoms with Crippen LogP contribution in [-0.4, -0.2) is 24.8 Å². The highest BCUT2D eigenvalue weighted by atomic mass is 16.8. The van der Waals surface area contributed by atoms with Gasteiger partial charge in [0.1, 0.15) is 0 Å². The standard InChI is InChI=1S/C7H10N2O6/c1-3-5(10)14-9-7(12)15-8-6(11)13-4-2/h3H,1,4H2,2H3,(H,8,11)(H,9,12). The van der Waals surface area contributed by atoms with Gasteiger partial charge in [-0.25, -0.2) is 14.4 Å². The van der Waals surface area contributed by atoms with Crippen LogP contribution in [-0.2, 0) is 19.2 Å². The summed E-state index contributed by atoms with van der Waals surface area (Å²) in [5.41, 5.74) is 3.21. The minimum atomic E-state index is -1.18. The molecule has 0 heterocycles. The van der Waals surface area contributed by atoms with Crippen LogP contribution in [0.4, 0.5) is 9.59 Å². The second-order valence-electron chi connectivity index (χ2n) is 1.94. The molecule has 0 aliphatic rings. The molecule has 0 aliphatic heterocycles. The molecule has 2 amide bonds. The van der Waals surface area contributed by atoms with E-state index in [-0.39, 0.29) is 6.61 Å². The normalized spacial score (nSPS) is 8.33. The number of carbonyl (C=O) groups is 3. The van der Waals surface area contributed by atoms with Crippen molar-refractivity contribution < 1.29 is 28.8 Å². The van der Waals surface area contributed by atoms with Crippen molar-refractivity contribution in [3.05, 3.63) is 12.7 Å². The van der Waals surface area contributed by atoms with Gasteiger partial charge in [-0.2, -0.15) is 0 Å². The molecule has 0 saturated heterocycles. The lowest BCUT2D eigenvalue weighted by atomic mass is 10.7. The van der Waals surface area contributed by atoms with Crippen LogP contribution in [0.2, 0.25) is 0 Å². The molecule has 15 heavy (non-hydrogen) atoms. The van der Waals surface area contributed by atoms with Gasteiger partial charge in [-0.1, -0.05) is 6.58 Å². The smallest absolute Gasteiger partial charge is 0.448 e. The Hall–Kier alpha value is -2.25. The second-order valence-corrected chi connectivity index (χ2v) is 1.94. The highest BCUT2D eigenvalue weighted by molar-refractivity contribution is 5.82. The predicted molar refractivity (Wildman–Crippen MR) is 46.1 cm³/mol. The molecule has 0 fully saturated rings. The quantitative estimate of drug-likeness (QED) is 0.384. The topological polar surface area (TPSA) is 103 Å². The first-order valence-electron chi connectivity index (χ1n) is 3.83. The summed E-state index contributed by atoms with van der Waals surface area (Å²) in [6, 6.07) is 0. The van der Waals surface area contributed by atoms with E-state index in [1.807, 2.05) is 0 Å². The van der Waals surface area contributed by atoms with E-state index in [4.69, 9.17) is 0 Å². The van der Waals surface area contributed by atoms with Crippen LogP contribution < -0.4 is 11.0 Å². The Morgan fingerprint density at radius 1 is 1.20 bits per heavy atom. The fourth-order valence-electron chi connectivity index (χ4n) is 0.403. The third-order valence-electron chi connectivity index (χ3n) is 0.904. The zero-order valence-electron chi connectivity index (χ0n) is 7.94. The molecule has 0 aromatic carbocycles. The summed E-state index contributed by atoms with van der Waals surface area (Å²) in [7, 11) is 0. The second kappa shape index (κ2) is 7.18. The number of ether oxygens (including phenoxy) is 1. The molecule has 0 spiro atoms. The van der Waals surface area contributed by atoms with Crippen molar-refractivity contribution in [2.24, 2.45) is 0 Å². The number of nitrogens with one attached hydrogen (secondary N) is 2. The molecule has 0 atom stereocenters. The molecule has 0 saturated carbocycles. The van der Waals surface area contributed by atoms with Gasteiger partial charge in [0.15, 0.2) is 0 Å². The number of amides is 2. The lowest BCUT2D eigenvalue weighted by Gasteiger charge is -2.05. The van der Waals surface area contributed by atoms with Crippen molar-refractivity contribution in [1.29, 1.82) is 0 Å². The Kier molecular flexibility index (Phi) is 6.10. The van der Waals surface area contributed by atoms with E-state index >= 15 is 0 Å². The Morgan fingerprint density at radius 2 is 1.80 bits per heavy atom. The van der Waals surface area contributed by atoms with Crippen molar-refractivity contribution in [2.45, 2.75) is 6.92 Å². The van der Waals surface area contributed by atoms with Crippen LogP contribution in [0.3, 0.4) is 0 Å². The lowest BCUT2D eigenvalue weighted by Crippen LogP contribution is -2.34. The lowest BCUT2D eigenvalue weighted by molar-refractivity contribution is -0.143. The molecule has 0 aromatic heterocycles. The Balaban J connectivity index is 3.61. The summed E-state index contributed by atoms with van der Waals surface area (Å²) in [5.74, 6) is -0.872. The summed E-state index contributed by atoms with van der Waals surface area (Å²) >= 11 is 0. The van der Waals surface area contributed by atoms with Gasteiger partial charge in [-0.3, -0.25) is 0 Å². The number of rotatable bonds is 2. The highest BCUT2D eigenvalue weighted by Gasteiger charge is 2.07. The van der Waals surface area contributed by atoms with Gasteiger partial charge < -0.3 is 14.4 Å². The predicted octanol–water partition coefficient (Wildman–Crippen LogP) is 0.0179. The maximum Gasteiger partial charge on any atom is 0.465 e. The average Bonchev–Trinajstić information content (AvgIpc) is 2.23. The Labute approximate surface area is 85.1 Å². The molecule has 0 unspecified atom stereocenters. The van der Waals surface area contributed by atoms with Crippen LogP contribution in [0.25, 0.3) is 0 Å². The van der Waals surface area contributed by atoms with Gasteiger partial charge in [-0.05, 0) is 6.92 Å². The fourth-order valence-corrected chi connectivity index (χ4v) is 0.403. The molecule has 0 rings (SSSR count). The maximum atomic E-state index is 10.7.